The maximum atomic E-state index is 11.6. The van der Waals surface area contributed by atoms with Crippen molar-refractivity contribution in [2.45, 2.75) is 38.3 Å². The second-order valence-electron chi connectivity index (χ2n) is 7.48. The largest absolute Gasteiger partial charge is 0.487 e. The van der Waals surface area contributed by atoms with Gasteiger partial charge in [-0.3, -0.25) is 4.79 Å². The van der Waals surface area contributed by atoms with E-state index in [1.54, 1.807) is 6.92 Å². The molecular weight excluding hydrogens is 382 g/mol. The van der Waals surface area contributed by atoms with Crippen molar-refractivity contribution in [2.75, 3.05) is 0 Å². The van der Waals surface area contributed by atoms with Crippen LogP contribution < -0.4 is 10.1 Å². The molecule has 0 heterocycles. The molecule has 0 bridgehead atoms. The molecule has 0 aromatic heterocycles. The first kappa shape index (κ1) is 19.5. The number of amides is 1. The van der Waals surface area contributed by atoms with Crippen molar-refractivity contribution in [1.82, 2.24) is 5.32 Å². The summed E-state index contributed by atoms with van der Waals surface area (Å²) in [6, 6.07) is 24.6. The summed E-state index contributed by atoms with van der Waals surface area (Å²) in [5.74, 6) is 0.961. The topological polar surface area (TPSA) is 38.3 Å². The van der Waals surface area contributed by atoms with E-state index in [1.165, 1.54) is 16.7 Å². The van der Waals surface area contributed by atoms with E-state index in [-0.39, 0.29) is 17.9 Å². The average molecular weight is 406 g/mol. The van der Waals surface area contributed by atoms with Crippen LogP contribution in [0.4, 0.5) is 0 Å². The molecule has 4 heteroatoms. The molecule has 1 amide bonds. The van der Waals surface area contributed by atoms with E-state index in [9.17, 15) is 4.79 Å². The maximum absolute atomic E-state index is 11.6. The van der Waals surface area contributed by atoms with Gasteiger partial charge >= 0.3 is 0 Å². The molecule has 0 saturated heterocycles. The first-order valence-corrected chi connectivity index (χ1v) is 10.3. The second kappa shape index (κ2) is 8.71. The van der Waals surface area contributed by atoms with E-state index in [4.69, 9.17) is 16.3 Å². The highest BCUT2D eigenvalue weighted by Crippen LogP contribution is 2.42. The number of hydrogen-bond donors (Lipinski definition) is 1. The number of nitrogens with one attached hydrogen (secondary N) is 1. The zero-order chi connectivity index (χ0) is 20.2. The molecular formula is C25H24ClNO2. The molecule has 148 valence electrons. The molecule has 3 nitrogen and oxygen atoms in total. The fourth-order valence-electron chi connectivity index (χ4n) is 4.12. The Labute approximate surface area is 176 Å². The van der Waals surface area contributed by atoms with Gasteiger partial charge in [-0.05, 0) is 47.2 Å². The van der Waals surface area contributed by atoms with E-state index in [1.807, 2.05) is 48.5 Å². The van der Waals surface area contributed by atoms with Crippen LogP contribution in [0.5, 0.6) is 5.75 Å². The van der Waals surface area contributed by atoms with Gasteiger partial charge < -0.3 is 10.1 Å². The highest BCUT2D eigenvalue weighted by atomic mass is 35.5. The zero-order valence-corrected chi connectivity index (χ0v) is 17.2. The zero-order valence-electron chi connectivity index (χ0n) is 16.4. The van der Waals surface area contributed by atoms with Crippen LogP contribution in [-0.2, 0) is 11.4 Å². The minimum Gasteiger partial charge on any atom is -0.487 e. The van der Waals surface area contributed by atoms with Crippen molar-refractivity contribution in [3.63, 3.8) is 0 Å². The van der Waals surface area contributed by atoms with Crippen molar-refractivity contribution >= 4 is 17.5 Å². The Morgan fingerprint density at radius 1 is 1.00 bits per heavy atom. The number of carbonyl (C=O) groups is 1. The lowest BCUT2D eigenvalue weighted by Crippen LogP contribution is -2.30. The summed E-state index contributed by atoms with van der Waals surface area (Å²) >= 11 is 6.56. The summed E-state index contributed by atoms with van der Waals surface area (Å²) in [5.41, 5.74) is 4.74. The molecule has 2 unspecified atom stereocenters. The van der Waals surface area contributed by atoms with Crippen molar-refractivity contribution in [3.05, 3.63) is 100 Å². The Morgan fingerprint density at radius 2 is 1.72 bits per heavy atom. The van der Waals surface area contributed by atoms with Crippen molar-refractivity contribution < 1.29 is 9.53 Å². The first-order chi connectivity index (χ1) is 14.1. The quantitative estimate of drug-likeness (QED) is 0.563. The van der Waals surface area contributed by atoms with Gasteiger partial charge in [-0.1, -0.05) is 72.3 Å². The Bertz CT molecular complexity index is 1000. The van der Waals surface area contributed by atoms with Gasteiger partial charge in [-0.25, -0.2) is 0 Å². The third-order valence-corrected chi connectivity index (χ3v) is 5.76. The fourth-order valence-corrected chi connectivity index (χ4v) is 4.36. The number of rotatable bonds is 5. The SMILES string of the molecule is CC(=O)NC1CCC(c2ccc(OCc3ccccc3)c(Cl)c2)c2ccccc21. The summed E-state index contributed by atoms with van der Waals surface area (Å²) in [5, 5.41) is 3.70. The number of benzene rings is 3. The Hall–Kier alpha value is -2.78. The fraction of sp³-hybridized carbons (Fsp3) is 0.240. The lowest BCUT2D eigenvalue weighted by Gasteiger charge is -2.32. The molecule has 0 saturated carbocycles. The number of halogens is 1. The minimum absolute atomic E-state index is 0.00575. The maximum Gasteiger partial charge on any atom is 0.217 e. The Balaban J connectivity index is 1.55. The van der Waals surface area contributed by atoms with Crippen LogP contribution in [0.25, 0.3) is 0 Å². The Morgan fingerprint density at radius 3 is 2.45 bits per heavy atom. The number of hydrogen-bond acceptors (Lipinski definition) is 2. The Kier molecular flexibility index (Phi) is 5.86. The number of ether oxygens (including phenoxy) is 1. The van der Waals surface area contributed by atoms with Crippen LogP contribution in [-0.4, -0.2) is 5.91 Å². The van der Waals surface area contributed by atoms with Gasteiger partial charge in [0.05, 0.1) is 11.1 Å². The normalized spacial score (nSPS) is 18.0. The minimum atomic E-state index is 0.00575. The average Bonchev–Trinajstić information content (AvgIpc) is 2.73. The van der Waals surface area contributed by atoms with Crippen LogP contribution in [0, 0.1) is 0 Å². The van der Waals surface area contributed by atoms with Crippen LogP contribution in [0.3, 0.4) is 0 Å². The third kappa shape index (κ3) is 4.46. The third-order valence-electron chi connectivity index (χ3n) is 5.46. The van der Waals surface area contributed by atoms with E-state index >= 15 is 0 Å². The number of carbonyl (C=O) groups excluding carboxylic acids is 1. The van der Waals surface area contributed by atoms with E-state index in [0.717, 1.165) is 18.4 Å². The summed E-state index contributed by atoms with van der Waals surface area (Å²) < 4.78 is 5.92. The molecule has 0 spiro atoms. The molecule has 3 aromatic rings. The van der Waals surface area contributed by atoms with Gasteiger partial charge in [-0.2, -0.15) is 0 Å². The van der Waals surface area contributed by atoms with Gasteiger partial charge in [-0.15, -0.1) is 0 Å². The first-order valence-electron chi connectivity index (χ1n) is 9.94. The second-order valence-corrected chi connectivity index (χ2v) is 7.88. The monoisotopic (exact) mass is 405 g/mol. The molecule has 1 N–H and O–H groups in total. The van der Waals surface area contributed by atoms with Crippen LogP contribution in [0.1, 0.15) is 54.0 Å². The van der Waals surface area contributed by atoms with E-state index < -0.39 is 0 Å². The summed E-state index contributed by atoms with van der Waals surface area (Å²) in [4.78, 5) is 11.6. The van der Waals surface area contributed by atoms with Crippen LogP contribution in [0.15, 0.2) is 72.8 Å². The standard InChI is InChI=1S/C25H24ClNO2/c1-17(28)27-24-13-12-20(21-9-5-6-10-22(21)24)19-11-14-25(23(26)15-19)29-16-18-7-3-2-4-8-18/h2-11,14-15,20,24H,12-13,16H2,1H3,(H,27,28). The highest BCUT2D eigenvalue weighted by Gasteiger charge is 2.28. The van der Waals surface area contributed by atoms with E-state index in [2.05, 4.69) is 29.6 Å². The van der Waals surface area contributed by atoms with Gasteiger partial charge in [0, 0.05) is 12.8 Å². The molecule has 1 aliphatic rings. The molecule has 0 radical (unpaired) electrons. The summed E-state index contributed by atoms with van der Waals surface area (Å²) in [7, 11) is 0. The molecule has 29 heavy (non-hydrogen) atoms. The highest BCUT2D eigenvalue weighted by molar-refractivity contribution is 6.32. The van der Waals surface area contributed by atoms with Crippen molar-refractivity contribution in [1.29, 1.82) is 0 Å². The van der Waals surface area contributed by atoms with Crippen LogP contribution >= 0.6 is 11.6 Å². The summed E-state index contributed by atoms with van der Waals surface area (Å²) in [6.07, 6.45) is 1.87. The smallest absolute Gasteiger partial charge is 0.217 e. The van der Waals surface area contributed by atoms with Gasteiger partial charge in [0.25, 0.3) is 0 Å². The predicted octanol–water partition coefficient (Wildman–Crippen LogP) is 6.02. The van der Waals surface area contributed by atoms with Gasteiger partial charge in [0.2, 0.25) is 5.91 Å². The van der Waals surface area contributed by atoms with Gasteiger partial charge in [0.1, 0.15) is 12.4 Å². The lowest BCUT2D eigenvalue weighted by molar-refractivity contribution is -0.119. The number of fused-ring (bicyclic) bond motifs is 1. The van der Waals surface area contributed by atoms with Crippen molar-refractivity contribution in [3.8, 4) is 5.75 Å². The molecule has 3 aromatic carbocycles. The molecule has 4 rings (SSSR count). The van der Waals surface area contributed by atoms with Crippen molar-refractivity contribution in [2.24, 2.45) is 0 Å². The lowest BCUT2D eigenvalue weighted by atomic mass is 9.76. The molecule has 1 aliphatic carbocycles. The summed E-state index contributed by atoms with van der Waals surface area (Å²) in [6.45, 7) is 2.06. The van der Waals surface area contributed by atoms with Crippen LogP contribution in [0.2, 0.25) is 5.02 Å². The van der Waals surface area contributed by atoms with E-state index in [0.29, 0.717) is 17.4 Å². The predicted molar refractivity (Wildman–Crippen MR) is 116 cm³/mol. The molecule has 0 fully saturated rings. The van der Waals surface area contributed by atoms with Gasteiger partial charge in [0.15, 0.2) is 0 Å². The molecule has 2 atom stereocenters. The molecule has 0 aliphatic heterocycles.